The molecule has 0 saturated heterocycles. The van der Waals surface area contributed by atoms with Crippen LogP contribution in [-0.2, 0) is 5.75 Å². The molecular formula is C17H14FN5OS. The van der Waals surface area contributed by atoms with Crippen LogP contribution in [0.2, 0.25) is 0 Å². The number of benzene rings is 1. The quantitative estimate of drug-likeness (QED) is 0.518. The van der Waals surface area contributed by atoms with Crippen molar-refractivity contribution < 1.29 is 8.81 Å². The lowest BCUT2D eigenvalue weighted by atomic mass is 10.2. The molecule has 4 rings (SSSR count). The fourth-order valence-electron chi connectivity index (χ4n) is 2.46. The number of hydrogen-bond acceptors (Lipinski definition) is 6. The van der Waals surface area contributed by atoms with E-state index in [2.05, 4.69) is 20.1 Å². The summed E-state index contributed by atoms with van der Waals surface area (Å²) in [6, 6.07) is 8.06. The fourth-order valence-corrected chi connectivity index (χ4v) is 3.13. The Morgan fingerprint density at radius 3 is 2.76 bits per heavy atom. The lowest BCUT2D eigenvalue weighted by Crippen LogP contribution is -1.97. The first-order valence-electron chi connectivity index (χ1n) is 7.63. The number of oxazole rings is 1. The van der Waals surface area contributed by atoms with Gasteiger partial charge in [0.25, 0.3) is 5.78 Å². The van der Waals surface area contributed by atoms with Gasteiger partial charge in [-0.3, -0.25) is 0 Å². The van der Waals surface area contributed by atoms with Crippen molar-refractivity contribution in [2.24, 2.45) is 0 Å². The Balaban J connectivity index is 1.50. The molecule has 1 aromatic carbocycles. The first-order valence-corrected chi connectivity index (χ1v) is 8.61. The van der Waals surface area contributed by atoms with Crippen LogP contribution in [0.4, 0.5) is 4.39 Å². The number of nitrogens with zero attached hydrogens (tertiary/aromatic N) is 5. The third-order valence-electron chi connectivity index (χ3n) is 3.61. The van der Waals surface area contributed by atoms with Crippen molar-refractivity contribution in [3.63, 3.8) is 0 Å². The van der Waals surface area contributed by atoms with Crippen molar-refractivity contribution in [2.45, 2.75) is 24.8 Å². The summed E-state index contributed by atoms with van der Waals surface area (Å²) in [6.07, 6.45) is 1.63. The maximum Gasteiger partial charge on any atom is 0.253 e. The number of fused-ring (bicyclic) bond motifs is 1. The van der Waals surface area contributed by atoms with E-state index in [9.17, 15) is 4.39 Å². The minimum absolute atomic E-state index is 0.281. The second-order valence-corrected chi connectivity index (χ2v) is 6.50. The van der Waals surface area contributed by atoms with Crippen LogP contribution in [0.1, 0.15) is 17.3 Å². The van der Waals surface area contributed by atoms with Crippen LogP contribution in [0.15, 0.2) is 46.1 Å². The topological polar surface area (TPSA) is 69.1 Å². The molecule has 6 nitrogen and oxygen atoms in total. The fraction of sp³-hybridized carbons (Fsp3) is 0.176. The minimum atomic E-state index is -0.281. The van der Waals surface area contributed by atoms with Crippen molar-refractivity contribution in [1.82, 2.24) is 24.6 Å². The van der Waals surface area contributed by atoms with Crippen LogP contribution in [0.25, 0.3) is 17.1 Å². The molecule has 3 heterocycles. The normalized spacial score (nSPS) is 11.3. The van der Waals surface area contributed by atoms with Crippen LogP contribution in [0.5, 0.6) is 0 Å². The number of hydrogen-bond donors (Lipinski definition) is 0. The van der Waals surface area contributed by atoms with E-state index in [1.165, 1.54) is 23.9 Å². The van der Waals surface area contributed by atoms with Crippen LogP contribution < -0.4 is 0 Å². The van der Waals surface area contributed by atoms with Crippen molar-refractivity contribution in [3.05, 3.63) is 59.6 Å². The lowest BCUT2D eigenvalue weighted by Gasteiger charge is -1.97. The van der Waals surface area contributed by atoms with Gasteiger partial charge in [0.15, 0.2) is 5.76 Å². The molecule has 3 aromatic heterocycles. The van der Waals surface area contributed by atoms with E-state index in [0.29, 0.717) is 28.3 Å². The first kappa shape index (κ1) is 15.8. The summed E-state index contributed by atoms with van der Waals surface area (Å²) in [5, 5.41) is 5.05. The average molecular weight is 355 g/mol. The number of aromatic nitrogens is 5. The van der Waals surface area contributed by atoms with E-state index in [1.54, 1.807) is 22.8 Å². The molecule has 0 spiro atoms. The Hall–Kier alpha value is -2.74. The Morgan fingerprint density at radius 1 is 1.16 bits per heavy atom. The third kappa shape index (κ3) is 3.25. The summed E-state index contributed by atoms with van der Waals surface area (Å²) in [7, 11) is 0. The molecule has 8 heteroatoms. The molecule has 0 aliphatic heterocycles. The standard InChI is InChI=1S/C17H14FN5OS/c1-10-7-11(2)23-16(20-10)21-17(22-23)25-9-15-19-8-14(24-15)12-3-5-13(18)6-4-12/h3-8H,9H2,1-2H3. The Morgan fingerprint density at radius 2 is 1.96 bits per heavy atom. The van der Waals surface area contributed by atoms with Crippen molar-refractivity contribution in [1.29, 1.82) is 0 Å². The zero-order valence-electron chi connectivity index (χ0n) is 13.6. The molecular weight excluding hydrogens is 341 g/mol. The van der Waals surface area contributed by atoms with Gasteiger partial charge >= 0.3 is 0 Å². The highest BCUT2D eigenvalue weighted by atomic mass is 32.2. The maximum atomic E-state index is 13.0. The molecule has 0 N–H and O–H groups in total. The van der Waals surface area contributed by atoms with E-state index >= 15 is 0 Å². The van der Waals surface area contributed by atoms with E-state index in [1.807, 2.05) is 19.9 Å². The molecule has 0 fully saturated rings. The van der Waals surface area contributed by atoms with Gasteiger partial charge in [0.2, 0.25) is 11.0 Å². The number of rotatable bonds is 4. The van der Waals surface area contributed by atoms with Gasteiger partial charge in [-0.15, -0.1) is 5.10 Å². The van der Waals surface area contributed by atoms with E-state index in [0.717, 1.165) is 17.0 Å². The lowest BCUT2D eigenvalue weighted by molar-refractivity contribution is 0.529. The highest BCUT2D eigenvalue weighted by Gasteiger charge is 2.11. The highest BCUT2D eigenvalue weighted by Crippen LogP contribution is 2.25. The predicted molar refractivity (Wildman–Crippen MR) is 91.7 cm³/mol. The van der Waals surface area contributed by atoms with E-state index in [4.69, 9.17) is 4.42 Å². The van der Waals surface area contributed by atoms with E-state index in [-0.39, 0.29) is 5.82 Å². The van der Waals surface area contributed by atoms with Gasteiger partial charge in [-0.05, 0) is 44.2 Å². The van der Waals surface area contributed by atoms with E-state index < -0.39 is 0 Å². The highest BCUT2D eigenvalue weighted by molar-refractivity contribution is 7.98. The van der Waals surface area contributed by atoms with Crippen molar-refractivity contribution in [3.8, 4) is 11.3 Å². The second-order valence-electron chi connectivity index (χ2n) is 5.56. The molecule has 4 aromatic rings. The largest absolute Gasteiger partial charge is 0.440 e. The molecule has 126 valence electrons. The SMILES string of the molecule is Cc1cc(C)n2nc(SCc3ncc(-c4ccc(F)cc4)o3)nc2n1. The van der Waals surface area contributed by atoms with Crippen LogP contribution in [0, 0.1) is 19.7 Å². The van der Waals surface area contributed by atoms with Gasteiger partial charge in [-0.2, -0.15) is 4.98 Å². The van der Waals surface area contributed by atoms with Gasteiger partial charge in [0.05, 0.1) is 11.9 Å². The second kappa shape index (κ2) is 6.29. The van der Waals surface area contributed by atoms with Crippen LogP contribution in [-0.4, -0.2) is 24.6 Å². The summed E-state index contributed by atoms with van der Waals surface area (Å²) in [5.41, 5.74) is 2.67. The number of thioether (sulfide) groups is 1. The summed E-state index contributed by atoms with van der Waals surface area (Å²) in [5.74, 6) is 1.96. The van der Waals surface area contributed by atoms with Gasteiger partial charge in [-0.1, -0.05) is 11.8 Å². The summed E-state index contributed by atoms with van der Waals surface area (Å²) in [6.45, 7) is 3.89. The van der Waals surface area contributed by atoms with Gasteiger partial charge in [0, 0.05) is 17.0 Å². The monoisotopic (exact) mass is 355 g/mol. The van der Waals surface area contributed by atoms with Crippen molar-refractivity contribution in [2.75, 3.05) is 0 Å². The summed E-state index contributed by atoms with van der Waals surface area (Å²) < 4.78 is 20.4. The number of aryl methyl sites for hydroxylation is 2. The molecule has 0 saturated carbocycles. The molecule has 0 aliphatic carbocycles. The smallest absolute Gasteiger partial charge is 0.253 e. The molecule has 0 unspecified atom stereocenters. The predicted octanol–water partition coefficient (Wildman–Crippen LogP) is 3.83. The van der Waals surface area contributed by atoms with Crippen LogP contribution in [0.3, 0.4) is 0 Å². The molecule has 0 atom stereocenters. The Labute approximate surface area is 147 Å². The van der Waals surface area contributed by atoms with Crippen molar-refractivity contribution >= 4 is 17.5 Å². The Kier molecular flexibility index (Phi) is 3.96. The van der Waals surface area contributed by atoms with Crippen LogP contribution >= 0.6 is 11.8 Å². The third-order valence-corrected chi connectivity index (χ3v) is 4.43. The summed E-state index contributed by atoms with van der Waals surface area (Å²) in [4.78, 5) is 13.0. The average Bonchev–Trinajstić information content (AvgIpc) is 3.20. The molecule has 0 amide bonds. The maximum absolute atomic E-state index is 13.0. The zero-order valence-corrected chi connectivity index (χ0v) is 14.4. The van der Waals surface area contributed by atoms with Gasteiger partial charge in [-0.25, -0.2) is 18.9 Å². The molecule has 0 radical (unpaired) electrons. The van der Waals surface area contributed by atoms with Gasteiger partial charge in [0.1, 0.15) is 5.82 Å². The Bertz CT molecular complexity index is 1040. The minimum Gasteiger partial charge on any atom is -0.440 e. The molecule has 0 aliphatic rings. The summed E-state index contributed by atoms with van der Waals surface area (Å²) >= 11 is 1.43. The first-order chi connectivity index (χ1) is 12.1. The van der Waals surface area contributed by atoms with Gasteiger partial charge < -0.3 is 4.42 Å². The molecule has 0 bridgehead atoms. The molecule has 25 heavy (non-hydrogen) atoms. The number of halogens is 1. The zero-order chi connectivity index (χ0) is 17.4.